The summed E-state index contributed by atoms with van der Waals surface area (Å²) in [5.74, 6) is 1.58. The SMILES string of the molecule is CCOc1cccc(OCOC)c1-c1ccc(CN2CCOCC2)cc1. The summed E-state index contributed by atoms with van der Waals surface area (Å²) in [6.45, 7) is 7.36. The number of hydrogen-bond acceptors (Lipinski definition) is 5. The second-order valence-corrected chi connectivity index (χ2v) is 6.20. The van der Waals surface area contributed by atoms with Crippen molar-refractivity contribution in [1.82, 2.24) is 4.90 Å². The minimum Gasteiger partial charge on any atom is -0.493 e. The lowest BCUT2D eigenvalue weighted by Gasteiger charge is -2.26. The van der Waals surface area contributed by atoms with Crippen molar-refractivity contribution in [3.8, 4) is 22.6 Å². The summed E-state index contributed by atoms with van der Waals surface area (Å²) in [6, 6.07) is 14.5. The fourth-order valence-electron chi connectivity index (χ4n) is 3.11. The third-order valence-electron chi connectivity index (χ3n) is 4.37. The molecule has 0 atom stereocenters. The van der Waals surface area contributed by atoms with E-state index in [-0.39, 0.29) is 6.79 Å². The molecule has 0 aliphatic carbocycles. The molecule has 5 heteroatoms. The van der Waals surface area contributed by atoms with Crippen LogP contribution in [0.25, 0.3) is 11.1 Å². The van der Waals surface area contributed by atoms with Crippen molar-refractivity contribution in [3.05, 3.63) is 48.0 Å². The molecule has 1 fully saturated rings. The van der Waals surface area contributed by atoms with Gasteiger partial charge in [0.05, 0.1) is 25.4 Å². The predicted octanol–water partition coefficient (Wildman–Crippen LogP) is 3.57. The fraction of sp³-hybridized carbons (Fsp3) is 0.429. The second-order valence-electron chi connectivity index (χ2n) is 6.20. The molecule has 1 aliphatic heterocycles. The molecule has 0 unspecified atom stereocenters. The first-order chi connectivity index (χ1) is 12.8. The Kier molecular flexibility index (Phi) is 6.89. The first-order valence-corrected chi connectivity index (χ1v) is 9.08. The number of morpholine rings is 1. The van der Waals surface area contributed by atoms with E-state index in [2.05, 4.69) is 29.2 Å². The van der Waals surface area contributed by atoms with E-state index in [1.165, 1.54) is 5.56 Å². The van der Waals surface area contributed by atoms with Gasteiger partial charge in [0.25, 0.3) is 0 Å². The average Bonchev–Trinajstić information content (AvgIpc) is 2.68. The molecular weight excluding hydrogens is 330 g/mol. The summed E-state index contributed by atoms with van der Waals surface area (Å²) >= 11 is 0. The van der Waals surface area contributed by atoms with Crippen LogP contribution >= 0.6 is 0 Å². The first-order valence-electron chi connectivity index (χ1n) is 9.08. The van der Waals surface area contributed by atoms with E-state index in [4.69, 9.17) is 18.9 Å². The number of methoxy groups -OCH3 is 1. The lowest BCUT2D eigenvalue weighted by Crippen LogP contribution is -2.35. The van der Waals surface area contributed by atoms with Crippen LogP contribution in [-0.2, 0) is 16.0 Å². The summed E-state index contributed by atoms with van der Waals surface area (Å²) in [7, 11) is 1.62. The zero-order valence-electron chi connectivity index (χ0n) is 15.6. The van der Waals surface area contributed by atoms with Gasteiger partial charge in [0.15, 0.2) is 6.79 Å². The van der Waals surface area contributed by atoms with Crippen molar-refractivity contribution >= 4 is 0 Å². The largest absolute Gasteiger partial charge is 0.493 e. The Morgan fingerprint density at radius 1 is 0.962 bits per heavy atom. The summed E-state index contributed by atoms with van der Waals surface area (Å²) in [5.41, 5.74) is 3.33. The average molecular weight is 357 g/mol. The molecule has 0 N–H and O–H groups in total. The van der Waals surface area contributed by atoms with Gasteiger partial charge in [-0.25, -0.2) is 0 Å². The molecule has 3 rings (SSSR count). The van der Waals surface area contributed by atoms with Crippen molar-refractivity contribution in [2.45, 2.75) is 13.5 Å². The number of rotatable bonds is 8. The highest BCUT2D eigenvalue weighted by Gasteiger charge is 2.14. The summed E-state index contributed by atoms with van der Waals surface area (Å²) in [6.07, 6.45) is 0. The van der Waals surface area contributed by atoms with Gasteiger partial charge in [0.1, 0.15) is 11.5 Å². The molecule has 0 aromatic heterocycles. The molecule has 0 saturated carbocycles. The molecule has 0 amide bonds. The maximum atomic E-state index is 5.82. The quantitative estimate of drug-likeness (QED) is 0.676. The van der Waals surface area contributed by atoms with E-state index in [1.807, 2.05) is 25.1 Å². The van der Waals surface area contributed by atoms with Gasteiger partial charge in [0.2, 0.25) is 0 Å². The molecule has 1 saturated heterocycles. The lowest BCUT2D eigenvalue weighted by molar-refractivity contribution is 0.0342. The minimum atomic E-state index is 0.206. The maximum absolute atomic E-state index is 5.82. The number of benzene rings is 2. The standard InChI is InChI=1S/C21H27NO4/c1-3-25-19-5-4-6-20(26-16-23-2)21(19)18-9-7-17(8-10-18)15-22-11-13-24-14-12-22/h4-10H,3,11-16H2,1-2H3. The van der Waals surface area contributed by atoms with Gasteiger partial charge in [-0.1, -0.05) is 30.3 Å². The zero-order valence-corrected chi connectivity index (χ0v) is 15.6. The molecule has 0 spiro atoms. The van der Waals surface area contributed by atoms with E-state index in [9.17, 15) is 0 Å². The van der Waals surface area contributed by atoms with Gasteiger partial charge in [-0.2, -0.15) is 0 Å². The number of hydrogen-bond donors (Lipinski definition) is 0. The molecular formula is C21H27NO4. The second kappa shape index (κ2) is 9.57. The highest BCUT2D eigenvalue weighted by atomic mass is 16.7. The van der Waals surface area contributed by atoms with Crippen molar-refractivity contribution < 1.29 is 18.9 Å². The van der Waals surface area contributed by atoms with Crippen molar-refractivity contribution in [2.24, 2.45) is 0 Å². The van der Waals surface area contributed by atoms with E-state index >= 15 is 0 Å². The van der Waals surface area contributed by atoms with E-state index in [1.54, 1.807) is 7.11 Å². The monoisotopic (exact) mass is 357 g/mol. The van der Waals surface area contributed by atoms with Gasteiger partial charge in [0, 0.05) is 26.7 Å². The Balaban J connectivity index is 1.82. The Hall–Kier alpha value is -2.08. The van der Waals surface area contributed by atoms with Crippen LogP contribution in [0, 0.1) is 0 Å². The summed E-state index contributed by atoms with van der Waals surface area (Å²) < 4.78 is 22.1. The van der Waals surface area contributed by atoms with E-state index in [0.717, 1.165) is 55.5 Å². The van der Waals surface area contributed by atoms with E-state index < -0.39 is 0 Å². The predicted molar refractivity (Wildman–Crippen MR) is 102 cm³/mol. The maximum Gasteiger partial charge on any atom is 0.188 e. The van der Waals surface area contributed by atoms with Crippen LogP contribution in [0.5, 0.6) is 11.5 Å². The Bertz CT molecular complexity index is 681. The minimum absolute atomic E-state index is 0.206. The third-order valence-corrected chi connectivity index (χ3v) is 4.37. The van der Waals surface area contributed by atoms with Gasteiger partial charge < -0.3 is 18.9 Å². The van der Waals surface area contributed by atoms with Crippen molar-refractivity contribution in [2.75, 3.05) is 46.8 Å². The molecule has 140 valence electrons. The topological polar surface area (TPSA) is 40.2 Å². The van der Waals surface area contributed by atoms with Crippen LogP contribution in [-0.4, -0.2) is 51.7 Å². The summed E-state index contributed by atoms with van der Waals surface area (Å²) in [4.78, 5) is 2.42. The van der Waals surface area contributed by atoms with Crippen LogP contribution < -0.4 is 9.47 Å². The Morgan fingerprint density at radius 3 is 2.31 bits per heavy atom. The number of nitrogens with zero attached hydrogens (tertiary/aromatic N) is 1. The molecule has 5 nitrogen and oxygen atoms in total. The highest BCUT2D eigenvalue weighted by molar-refractivity contribution is 5.77. The van der Waals surface area contributed by atoms with Gasteiger partial charge in [-0.05, 0) is 30.2 Å². The van der Waals surface area contributed by atoms with Crippen molar-refractivity contribution in [3.63, 3.8) is 0 Å². The lowest BCUT2D eigenvalue weighted by atomic mass is 10.0. The first kappa shape index (κ1) is 18.7. The molecule has 0 radical (unpaired) electrons. The van der Waals surface area contributed by atoms with Crippen molar-refractivity contribution in [1.29, 1.82) is 0 Å². The van der Waals surface area contributed by atoms with Crippen LogP contribution in [0.4, 0.5) is 0 Å². The van der Waals surface area contributed by atoms with Crippen LogP contribution in [0.15, 0.2) is 42.5 Å². The fourth-order valence-corrected chi connectivity index (χ4v) is 3.11. The number of ether oxygens (including phenoxy) is 4. The molecule has 0 bridgehead atoms. The molecule has 2 aromatic rings. The van der Waals surface area contributed by atoms with Gasteiger partial charge >= 0.3 is 0 Å². The molecule has 1 heterocycles. The van der Waals surface area contributed by atoms with Crippen LogP contribution in [0.2, 0.25) is 0 Å². The molecule has 2 aromatic carbocycles. The van der Waals surface area contributed by atoms with Crippen LogP contribution in [0.1, 0.15) is 12.5 Å². The zero-order chi connectivity index (χ0) is 18.2. The molecule has 1 aliphatic rings. The van der Waals surface area contributed by atoms with E-state index in [0.29, 0.717) is 6.61 Å². The van der Waals surface area contributed by atoms with Gasteiger partial charge in [-0.15, -0.1) is 0 Å². The Labute approximate surface area is 155 Å². The molecule has 26 heavy (non-hydrogen) atoms. The smallest absolute Gasteiger partial charge is 0.188 e. The normalized spacial score (nSPS) is 15.0. The van der Waals surface area contributed by atoms with Gasteiger partial charge in [-0.3, -0.25) is 4.90 Å². The third kappa shape index (κ3) is 4.75. The van der Waals surface area contributed by atoms with Crippen LogP contribution in [0.3, 0.4) is 0 Å². The highest BCUT2D eigenvalue weighted by Crippen LogP contribution is 2.38. The Morgan fingerprint density at radius 2 is 1.65 bits per heavy atom. The summed E-state index contributed by atoms with van der Waals surface area (Å²) in [5, 5.41) is 0.